The number of aryl methyl sites for hydroxylation is 2. The topological polar surface area (TPSA) is 34.0 Å². The molecule has 18 heavy (non-hydrogen) atoms. The van der Waals surface area contributed by atoms with Crippen LogP contribution in [0.2, 0.25) is 0 Å². The van der Waals surface area contributed by atoms with Gasteiger partial charge in [-0.25, -0.2) is 0 Å². The smallest absolute Gasteiger partial charge is 0.224 e. The van der Waals surface area contributed by atoms with E-state index in [4.69, 9.17) is 0 Å². The maximum absolute atomic E-state index is 11.8. The van der Waals surface area contributed by atoms with E-state index in [1.54, 1.807) is 0 Å². The first-order valence-corrected chi connectivity index (χ1v) is 6.60. The molecule has 1 N–H and O–H groups in total. The molecule has 2 aromatic rings. The van der Waals surface area contributed by atoms with E-state index in [9.17, 15) is 4.79 Å². The van der Waals surface area contributed by atoms with Crippen LogP contribution in [0.15, 0.2) is 47.1 Å². The molecule has 0 saturated heterocycles. The summed E-state index contributed by atoms with van der Waals surface area (Å²) >= 11 is 3.38. The summed E-state index contributed by atoms with van der Waals surface area (Å²) in [5.41, 5.74) is 1.99. The van der Waals surface area contributed by atoms with Gasteiger partial charge in [-0.3, -0.25) is 4.79 Å². The number of carbonyl (C=O) groups excluding carboxylic acids is 1. The number of carbonyl (C=O) groups is 1. The second-order valence-electron chi connectivity index (χ2n) is 4.17. The normalized spacial score (nSPS) is 10.3. The van der Waals surface area contributed by atoms with E-state index >= 15 is 0 Å². The van der Waals surface area contributed by atoms with Crippen LogP contribution in [0.4, 0.5) is 5.69 Å². The van der Waals surface area contributed by atoms with Gasteiger partial charge >= 0.3 is 0 Å². The number of benzene rings is 1. The Hall–Kier alpha value is -1.55. The van der Waals surface area contributed by atoms with Gasteiger partial charge in [-0.1, -0.05) is 22.0 Å². The van der Waals surface area contributed by atoms with E-state index in [2.05, 4.69) is 21.2 Å². The molecule has 0 radical (unpaired) electrons. The first-order chi connectivity index (χ1) is 8.65. The van der Waals surface area contributed by atoms with Crippen LogP contribution in [0.5, 0.6) is 0 Å². The Bertz CT molecular complexity index is 548. The first kappa shape index (κ1) is 12.9. The molecule has 2 rings (SSSR count). The number of aromatic nitrogens is 1. The summed E-state index contributed by atoms with van der Waals surface area (Å²) in [5, 5.41) is 2.89. The van der Waals surface area contributed by atoms with Crippen molar-refractivity contribution in [3.8, 4) is 0 Å². The Morgan fingerprint density at radius 3 is 2.83 bits per heavy atom. The average molecular weight is 307 g/mol. The molecule has 0 saturated carbocycles. The van der Waals surface area contributed by atoms with Crippen molar-refractivity contribution in [3.63, 3.8) is 0 Å². The Morgan fingerprint density at radius 1 is 1.33 bits per heavy atom. The van der Waals surface area contributed by atoms with Crippen molar-refractivity contribution in [1.29, 1.82) is 0 Å². The average Bonchev–Trinajstić information content (AvgIpc) is 2.72. The second kappa shape index (κ2) is 5.87. The number of nitrogens with one attached hydrogen (secondary N) is 1. The fraction of sp³-hybridized carbons (Fsp3) is 0.214. The van der Waals surface area contributed by atoms with Crippen LogP contribution in [0.25, 0.3) is 0 Å². The Morgan fingerprint density at radius 2 is 2.17 bits per heavy atom. The van der Waals surface area contributed by atoms with Crippen molar-refractivity contribution in [2.45, 2.75) is 12.8 Å². The first-order valence-electron chi connectivity index (χ1n) is 5.81. The predicted molar refractivity (Wildman–Crippen MR) is 76.5 cm³/mol. The van der Waals surface area contributed by atoms with Gasteiger partial charge < -0.3 is 9.88 Å². The van der Waals surface area contributed by atoms with Gasteiger partial charge in [-0.2, -0.15) is 0 Å². The summed E-state index contributed by atoms with van der Waals surface area (Å²) in [6, 6.07) is 11.6. The zero-order chi connectivity index (χ0) is 13.0. The minimum Gasteiger partial charge on any atom is -0.354 e. The van der Waals surface area contributed by atoms with Crippen molar-refractivity contribution in [1.82, 2.24) is 4.57 Å². The zero-order valence-corrected chi connectivity index (χ0v) is 11.8. The lowest BCUT2D eigenvalue weighted by molar-refractivity contribution is -0.116. The summed E-state index contributed by atoms with van der Waals surface area (Å²) in [6.45, 7) is 0. The van der Waals surface area contributed by atoms with Crippen LogP contribution in [0, 0.1) is 0 Å². The van der Waals surface area contributed by atoms with Gasteiger partial charge in [0.15, 0.2) is 0 Å². The highest BCUT2D eigenvalue weighted by molar-refractivity contribution is 9.10. The minimum atomic E-state index is 0.0364. The van der Waals surface area contributed by atoms with E-state index in [1.807, 2.05) is 54.2 Å². The van der Waals surface area contributed by atoms with Crippen molar-refractivity contribution in [3.05, 3.63) is 52.8 Å². The maximum Gasteiger partial charge on any atom is 0.224 e. The summed E-state index contributed by atoms with van der Waals surface area (Å²) in [6.07, 6.45) is 3.23. The van der Waals surface area contributed by atoms with E-state index in [0.717, 1.165) is 16.6 Å². The highest BCUT2D eigenvalue weighted by Gasteiger charge is 2.05. The zero-order valence-electron chi connectivity index (χ0n) is 10.2. The number of nitrogens with zero attached hydrogens (tertiary/aromatic N) is 1. The van der Waals surface area contributed by atoms with Gasteiger partial charge in [0, 0.05) is 35.5 Å². The molecule has 1 heterocycles. The molecule has 0 unspecified atom stereocenters. The minimum absolute atomic E-state index is 0.0364. The quantitative estimate of drug-likeness (QED) is 0.923. The molecule has 94 valence electrons. The fourth-order valence-electron chi connectivity index (χ4n) is 1.79. The Labute approximate surface area is 115 Å². The molecular formula is C14H15BrN2O. The molecule has 1 amide bonds. The fourth-order valence-corrected chi connectivity index (χ4v) is 2.19. The summed E-state index contributed by atoms with van der Waals surface area (Å²) in [4.78, 5) is 11.8. The number of anilines is 1. The van der Waals surface area contributed by atoms with Crippen molar-refractivity contribution < 1.29 is 4.79 Å². The highest BCUT2D eigenvalue weighted by atomic mass is 79.9. The van der Waals surface area contributed by atoms with Crippen LogP contribution < -0.4 is 5.32 Å². The molecule has 0 aliphatic rings. The monoisotopic (exact) mass is 306 g/mol. The lowest BCUT2D eigenvalue weighted by atomic mass is 10.2. The SMILES string of the molecule is Cn1cccc1CCC(=O)Nc1cccc(Br)c1. The van der Waals surface area contributed by atoms with Gasteiger partial charge in [0.1, 0.15) is 0 Å². The Balaban J connectivity index is 1.88. The lowest BCUT2D eigenvalue weighted by Crippen LogP contribution is -2.13. The maximum atomic E-state index is 11.8. The van der Waals surface area contributed by atoms with Crippen LogP contribution in [-0.4, -0.2) is 10.5 Å². The molecule has 0 aliphatic carbocycles. The van der Waals surface area contributed by atoms with Crippen LogP contribution >= 0.6 is 15.9 Å². The molecular weight excluding hydrogens is 292 g/mol. The third-order valence-electron chi connectivity index (χ3n) is 2.77. The summed E-state index contributed by atoms with van der Waals surface area (Å²) in [7, 11) is 1.99. The van der Waals surface area contributed by atoms with Gasteiger partial charge in [0.25, 0.3) is 0 Å². The molecule has 1 aromatic carbocycles. The van der Waals surface area contributed by atoms with Crippen LogP contribution in [0.3, 0.4) is 0 Å². The Kier molecular flexibility index (Phi) is 4.20. The van der Waals surface area contributed by atoms with Crippen molar-refractivity contribution in [2.24, 2.45) is 7.05 Å². The third kappa shape index (κ3) is 3.47. The van der Waals surface area contributed by atoms with Crippen molar-refractivity contribution >= 4 is 27.5 Å². The van der Waals surface area contributed by atoms with Gasteiger partial charge in [-0.15, -0.1) is 0 Å². The predicted octanol–water partition coefficient (Wildman–Crippen LogP) is 3.36. The summed E-state index contributed by atoms with van der Waals surface area (Å²) < 4.78 is 2.99. The molecule has 0 atom stereocenters. The molecule has 3 nitrogen and oxygen atoms in total. The third-order valence-corrected chi connectivity index (χ3v) is 3.26. The molecule has 0 fully saturated rings. The van der Waals surface area contributed by atoms with E-state index in [1.165, 1.54) is 5.69 Å². The summed E-state index contributed by atoms with van der Waals surface area (Å²) in [5.74, 6) is 0.0364. The molecule has 4 heteroatoms. The number of amides is 1. The molecule has 0 aliphatic heterocycles. The van der Waals surface area contributed by atoms with Gasteiger partial charge in [0.05, 0.1) is 0 Å². The number of halogens is 1. The highest BCUT2D eigenvalue weighted by Crippen LogP contribution is 2.16. The largest absolute Gasteiger partial charge is 0.354 e. The van der Waals surface area contributed by atoms with Crippen LogP contribution in [0.1, 0.15) is 12.1 Å². The number of hydrogen-bond acceptors (Lipinski definition) is 1. The standard InChI is InChI=1S/C14H15BrN2O/c1-17-9-3-6-13(17)7-8-14(18)16-12-5-2-4-11(15)10-12/h2-6,9-10H,7-8H2,1H3,(H,16,18). The van der Waals surface area contributed by atoms with Gasteiger partial charge in [0.2, 0.25) is 5.91 Å². The number of hydrogen-bond donors (Lipinski definition) is 1. The van der Waals surface area contributed by atoms with Crippen LogP contribution in [-0.2, 0) is 18.3 Å². The second-order valence-corrected chi connectivity index (χ2v) is 5.08. The van der Waals surface area contributed by atoms with Crippen molar-refractivity contribution in [2.75, 3.05) is 5.32 Å². The van der Waals surface area contributed by atoms with Gasteiger partial charge in [-0.05, 0) is 36.8 Å². The van der Waals surface area contributed by atoms with E-state index in [0.29, 0.717) is 6.42 Å². The lowest BCUT2D eigenvalue weighted by Gasteiger charge is -2.06. The molecule has 0 spiro atoms. The van der Waals surface area contributed by atoms with E-state index in [-0.39, 0.29) is 5.91 Å². The molecule has 1 aromatic heterocycles. The number of rotatable bonds is 4. The van der Waals surface area contributed by atoms with E-state index < -0.39 is 0 Å². The molecule has 0 bridgehead atoms.